The molecule has 186 valence electrons. The van der Waals surface area contributed by atoms with Crippen molar-refractivity contribution in [2.45, 2.75) is 26.6 Å². The van der Waals surface area contributed by atoms with E-state index >= 15 is 0 Å². The van der Waals surface area contributed by atoms with Crippen molar-refractivity contribution < 1.29 is 27.1 Å². The topological polar surface area (TPSA) is 43.3 Å². The Labute approximate surface area is 210 Å². The van der Waals surface area contributed by atoms with Gasteiger partial charge in [0, 0.05) is 28.7 Å². The average Bonchev–Trinajstić information content (AvgIpc) is 3.13. The van der Waals surface area contributed by atoms with Crippen LogP contribution in [0.4, 0.5) is 23.2 Å². The van der Waals surface area contributed by atoms with E-state index in [0.29, 0.717) is 22.8 Å². The van der Waals surface area contributed by atoms with E-state index in [2.05, 4.69) is 5.32 Å². The Balaban J connectivity index is 1.55. The summed E-state index contributed by atoms with van der Waals surface area (Å²) in [4.78, 5) is 13.0. The maximum absolute atomic E-state index is 14.1. The monoisotopic (exact) mass is 516 g/mol. The highest BCUT2D eigenvalue weighted by molar-refractivity contribution is 6.30. The number of para-hydroxylation sites is 1. The number of ether oxygens (including phenoxy) is 1. The Morgan fingerprint density at radius 3 is 2.47 bits per heavy atom. The number of aromatic nitrogens is 1. The number of hydrogen-bond donors (Lipinski definition) is 1. The van der Waals surface area contributed by atoms with Crippen LogP contribution in [0.5, 0.6) is 5.75 Å². The fourth-order valence-electron chi connectivity index (χ4n) is 3.95. The second-order valence-electron chi connectivity index (χ2n) is 8.12. The molecule has 0 saturated heterocycles. The molecule has 0 radical (unpaired) electrons. The summed E-state index contributed by atoms with van der Waals surface area (Å²) in [6, 6.07) is 17.9. The Kier molecular flexibility index (Phi) is 7.08. The molecule has 1 heterocycles. The van der Waals surface area contributed by atoms with Gasteiger partial charge in [0.1, 0.15) is 18.2 Å². The van der Waals surface area contributed by atoms with Gasteiger partial charge in [-0.25, -0.2) is 4.39 Å². The number of hydrogen-bond acceptors (Lipinski definition) is 2. The number of nitrogens with one attached hydrogen (secondary N) is 1. The molecule has 0 aliphatic carbocycles. The Bertz CT molecular complexity index is 1430. The third kappa shape index (κ3) is 5.23. The molecule has 36 heavy (non-hydrogen) atoms. The Morgan fingerprint density at radius 1 is 1.00 bits per heavy atom. The van der Waals surface area contributed by atoms with Crippen molar-refractivity contribution in [1.82, 2.24) is 4.57 Å². The van der Waals surface area contributed by atoms with E-state index in [9.17, 15) is 22.4 Å². The maximum Gasteiger partial charge on any atom is 0.418 e. The maximum atomic E-state index is 14.1. The number of anilines is 1. The van der Waals surface area contributed by atoms with Gasteiger partial charge >= 0.3 is 6.18 Å². The summed E-state index contributed by atoms with van der Waals surface area (Å²) in [5.74, 6) is -0.667. The number of carbonyl (C=O) groups excluding carboxylic acids is 1. The zero-order valence-corrected chi connectivity index (χ0v) is 20.0. The highest BCUT2D eigenvalue weighted by Gasteiger charge is 2.34. The van der Waals surface area contributed by atoms with Crippen molar-refractivity contribution in [3.63, 3.8) is 0 Å². The first-order valence-electron chi connectivity index (χ1n) is 10.9. The van der Waals surface area contributed by atoms with Gasteiger partial charge in [-0.3, -0.25) is 4.79 Å². The SMILES string of the molecule is Cc1cc(C(=O)Nc2cccc(OCc3cccc(Cl)c3F)c2)c(C)n1-c1ccccc1C(F)(F)F. The first-order valence-corrected chi connectivity index (χ1v) is 11.3. The van der Waals surface area contributed by atoms with E-state index in [4.69, 9.17) is 16.3 Å². The van der Waals surface area contributed by atoms with Gasteiger partial charge in [-0.1, -0.05) is 41.9 Å². The molecular formula is C27H21ClF4N2O2. The van der Waals surface area contributed by atoms with Crippen molar-refractivity contribution in [2.24, 2.45) is 0 Å². The number of nitrogens with zero attached hydrogens (tertiary/aromatic N) is 1. The van der Waals surface area contributed by atoms with Crippen LogP contribution in [-0.4, -0.2) is 10.5 Å². The third-order valence-electron chi connectivity index (χ3n) is 5.64. The number of benzene rings is 3. The third-order valence-corrected chi connectivity index (χ3v) is 5.94. The van der Waals surface area contributed by atoms with E-state index in [1.54, 1.807) is 56.3 Å². The molecule has 0 fully saturated rings. The predicted molar refractivity (Wildman–Crippen MR) is 130 cm³/mol. The number of aryl methyl sites for hydroxylation is 1. The molecule has 4 rings (SSSR count). The van der Waals surface area contributed by atoms with Crippen molar-refractivity contribution >= 4 is 23.2 Å². The number of rotatable bonds is 6. The molecule has 1 aromatic heterocycles. The smallest absolute Gasteiger partial charge is 0.418 e. The minimum Gasteiger partial charge on any atom is -0.489 e. The zero-order chi connectivity index (χ0) is 26.0. The minimum absolute atomic E-state index is 0.00688. The fourth-order valence-corrected chi connectivity index (χ4v) is 4.15. The summed E-state index contributed by atoms with van der Waals surface area (Å²) in [5, 5.41) is 2.74. The minimum atomic E-state index is -4.55. The lowest BCUT2D eigenvalue weighted by Gasteiger charge is -2.17. The van der Waals surface area contributed by atoms with E-state index in [1.807, 2.05) is 0 Å². The van der Waals surface area contributed by atoms with E-state index < -0.39 is 23.5 Å². The summed E-state index contributed by atoms with van der Waals surface area (Å²) in [6.07, 6.45) is -4.55. The molecule has 4 nitrogen and oxygen atoms in total. The molecule has 0 bridgehead atoms. The van der Waals surface area contributed by atoms with Crippen molar-refractivity contribution in [3.05, 3.63) is 112 Å². The first kappa shape index (κ1) is 25.3. The standard InChI is InChI=1S/C27H21ClF4N2O2/c1-16-13-21(17(2)34(16)24-12-4-3-10-22(24)27(30,31)32)26(35)33-19-8-6-9-20(14-19)36-15-18-7-5-11-23(28)25(18)29/h3-14H,15H2,1-2H3,(H,33,35). The van der Waals surface area contributed by atoms with Gasteiger partial charge in [0.25, 0.3) is 5.91 Å². The summed E-state index contributed by atoms with van der Waals surface area (Å²) in [7, 11) is 0. The quantitative estimate of drug-likeness (QED) is 0.266. The number of carbonyl (C=O) groups is 1. The molecule has 1 amide bonds. The molecular weight excluding hydrogens is 496 g/mol. The van der Waals surface area contributed by atoms with Crippen LogP contribution >= 0.6 is 11.6 Å². The molecule has 0 aliphatic heterocycles. The molecule has 0 spiro atoms. The summed E-state index contributed by atoms with van der Waals surface area (Å²) < 4.78 is 61.9. The summed E-state index contributed by atoms with van der Waals surface area (Å²) >= 11 is 5.80. The largest absolute Gasteiger partial charge is 0.489 e. The van der Waals surface area contributed by atoms with E-state index in [1.165, 1.54) is 28.8 Å². The second-order valence-corrected chi connectivity index (χ2v) is 8.53. The van der Waals surface area contributed by atoms with Crippen LogP contribution in [-0.2, 0) is 12.8 Å². The van der Waals surface area contributed by atoms with Gasteiger partial charge in [0.05, 0.1) is 21.8 Å². The van der Waals surface area contributed by atoms with Gasteiger partial charge in [-0.15, -0.1) is 0 Å². The summed E-state index contributed by atoms with van der Waals surface area (Å²) in [6.45, 7) is 3.16. The zero-order valence-electron chi connectivity index (χ0n) is 19.3. The van der Waals surface area contributed by atoms with Crippen LogP contribution in [0, 0.1) is 19.7 Å². The van der Waals surface area contributed by atoms with Crippen LogP contribution in [0.25, 0.3) is 5.69 Å². The van der Waals surface area contributed by atoms with Crippen LogP contribution in [0.2, 0.25) is 5.02 Å². The van der Waals surface area contributed by atoms with Crippen molar-refractivity contribution in [1.29, 1.82) is 0 Å². The highest BCUT2D eigenvalue weighted by Crippen LogP contribution is 2.35. The normalized spacial score (nSPS) is 11.4. The molecule has 0 unspecified atom stereocenters. The van der Waals surface area contributed by atoms with Gasteiger partial charge in [-0.05, 0) is 50.2 Å². The molecule has 0 saturated carbocycles. The van der Waals surface area contributed by atoms with E-state index in [-0.39, 0.29) is 28.4 Å². The highest BCUT2D eigenvalue weighted by atomic mass is 35.5. The molecule has 3 aromatic carbocycles. The molecule has 0 aliphatic rings. The average molecular weight is 517 g/mol. The fraction of sp³-hybridized carbons (Fsp3) is 0.148. The van der Waals surface area contributed by atoms with Gasteiger partial charge in [-0.2, -0.15) is 13.2 Å². The number of amides is 1. The van der Waals surface area contributed by atoms with Crippen LogP contribution in [0.15, 0.2) is 72.8 Å². The Morgan fingerprint density at radius 2 is 1.72 bits per heavy atom. The molecule has 0 atom stereocenters. The number of halogens is 5. The Hall–Kier alpha value is -3.78. The lowest BCUT2D eigenvalue weighted by Crippen LogP contribution is -2.15. The molecule has 4 aromatic rings. The van der Waals surface area contributed by atoms with Crippen LogP contribution in [0.1, 0.15) is 32.9 Å². The summed E-state index contributed by atoms with van der Waals surface area (Å²) in [5.41, 5.74) is 0.924. The van der Waals surface area contributed by atoms with Gasteiger partial charge < -0.3 is 14.6 Å². The van der Waals surface area contributed by atoms with Crippen LogP contribution < -0.4 is 10.1 Å². The van der Waals surface area contributed by atoms with Crippen LogP contribution in [0.3, 0.4) is 0 Å². The lowest BCUT2D eigenvalue weighted by atomic mass is 10.1. The molecule has 1 N–H and O–H groups in total. The van der Waals surface area contributed by atoms with Crippen molar-refractivity contribution in [2.75, 3.05) is 5.32 Å². The van der Waals surface area contributed by atoms with Crippen molar-refractivity contribution in [3.8, 4) is 11.4 Å². The second kappa shape index (κ2) is 10.1. The van der Waals surface area contributed by atoms with E-state index in [0.717, 1.165) is 6.07 Å². The predicted octanol–water partition coefficient (Wildman–Crippen LogP) is 7.74. The van der Waals surface area contributed by atoms with Gasteiger partial charge in [0.15, 0.2) is 0 Å². The first-order chi connectivity index (χ1) is 17.1. The molecule has 9 heteroatoms. The lowest BCUT2D eigenvalue weighted by molar-refractivity contribution is -0.137. The number of alkyl halides is 3. The van der Waals surface area contributed by atoms with Gasteiger partial charge in [0.2, 0.25) is 0 Å².